The standard InChI is InChI=1S/C28H35ClO11/c1-12-9-10-20(37-16(5)31)27(8)21(13(2)11-19(36-15(4)30)23(27)38-17(6)32)24(39-18(7)33)28(35)14(3)26(34)40-25(28)22(12)29/h9-10,14,19-25,35H,1-2,11H2,3-8H3/b10-9+/t14-,19-,20-,21+,22-,23-,24-,25-,27+,28-/m0/s1. The summed E-state index contributed by atoms with van der Waals surface area (Å²) in [6, 6.07) is 0. The second-order valence-electron chi connectivity index (χ2n) is 10.7. The van der Waals surface area contributed by atoms with Crippen LogP contribution in [0.1, 0.15) is 48.0 Å². The zero-order valence-electron chi connectivity index (χ0n) is 23.3. The molecule has 12 heteroatoms. The molecule has 40 heavy (non-hydrogen) atoms. The van der Waals surface area contributed by atoms with Crippen LogP contribution in [0.2, 0.25) is 0 Å². The zero-order valence-corrected chi connectivity index (χ0v) is 24.1. The van der Waals surface area contributed by atoms with Gasteiger partial charge in [-0.2, -0.15) is 0 Å². The fourth-order valence-electron chi connectivity index (χ4n) is 6.20. The predicted molar refractivity (Wildman–Crippen MR) is 139 cm³/mol. The smallest absolute Gasteiger partial charge is 0.312 e. The Bertz CT molecular complexity index is 1160. The molecule has 1 saturated heterocycles. The molecule has 0 aromatic rings. The lowest BCUT2D eigenvalue weighted by molar-refractivity contribution is -0.231. The largest absolute Gasteiger partial charge is 0.459 e. The summed E-state index contributed by atoms with van der Waals surface area (Å²) in [7, 11) is 0. The molecule has 0 aromatic heterocycles. The Hall–Kier alpha value is -3.18. The van der Waals surface area contributed by atoms with Crippen molar-refractivity contribution in [2.45, 2.75) is 89.5 Å². The third kappa shape index (κ3) is 5.41. The summed E-state index contributed by atoms with van der Waals surface area (Å²) in [6.07, 6.45) is -3.81. The molecule has 2 fully saturated rings. The number of carbonyl (C=O) groups is 5. The molecule has 0 radical (unpaired) electrons. The second kappa shape index (κ2) is 11.4. The summed E-state index contributed by atoms with van der Waals surface area (Å²) in [4.78, 5) is 62.3. The summed E-state index contributed by atoms with van der Waals surface area (Å²) in [5.41, 5.74) is -3.36. The first kappa shape index (κ1) is 31.3. The predicted octanol–water partition coefficient (Wildman–Crippen LogP) is 2.32. The van der Waals surface area contributed by atoms with Crippen molar-refractivity contribution in [2.24, 2.45) is 17.3 Å². The summed E-state index contributed by atoms with van der Waals surface area (Å²) in [5, 5.41) is 11.2. The number of halogens is 1. The van der Waals surface area contributed by atoms with E-state index >= 15 is 0 Å². The van der Waals surface area contributed by atoms with E-state index in [4.69, 9.17) is 35.3 Å². The number of aliphatic hydroxyl groups is 1. The van der Waals surface area contributed by atoms with E-state index in [0.717, 1.165) is 13.8 Å². The number of esters is 5. The van der Waals surface area contributed by atoms with Crippen LogP contribution in [-0.4, -0.2) is 76.5 Å². The highest BCUT2D eigenvalue weighted by molar-refractivity contribution is 6.23. The van der Waals surface area contributed by atoms with Gasteiger partial charge in [-0.15, -0.1) is 11.6 Å². The molecule has 0 bridgehead atoms. The van der Waals surface area contributed by atoms with Crippen molar-refractivity contribution in [1.29, 1.82) is 0 Å². The average Bonchev–Trinajstić information content (AvgIpc) is 3.06. The highest BCUT2D eigenvalue weighted by atomic mass is 35.5. The molecule has 1 heterocycles. The molecule has 1 N–H and O–H groups in total. The van der Waals surface area contributed by atoms with Crippen LogP contribution in [0.5, 0.6) is 0 Å². The molecule has 0 unspecified atom stereocenters. The summed E-state index contributed by atoms with van der Waals surface area (Å²) in [6.45, 7) is 15.7. The molecule has 1 saturated carbocycles. The number of fused-ring (bicyclic) bond motifs is 2. The highest BCUT2D eigenvalue weighted by Crippen LogP contribution is 2.56. The maximum absolute atomic E-state index is 12.9. The van der Waals surface area contributed by atoms with E-state index in [9.17, 15) is 29.1 Å². The van der Waals surface area contributed by atoms with Crippen LogP contribution < -0.4 is 0 Å². The number of carbonyl (C=O) groups excluding carboxylic acids is 5. The SMILES string of the molecule is C=C1C[C@H](OC(C)=O)[C@H](OC(C)=O)[C@]2(C)[C@@H](OC(C)=O)/C=C/C(=C)[C@H](Cl)[C@@H]3OC(=O)[C@H](C)[C@]3(O)[C@@H](OC(C)=O)[C@@H]12. The molecule has 220 valence electrons. The van der Waals surface area contributed by atoms with Crippen molar-refractivity contribution >= 4 is 41.4 Å². The van der Waals surface area contributed by atoms with Gasteiger partial charge in [0, 0.05) is 40.0 Å². The van der Waals surface area contributed by atoms with E-state index in [1.807, 2.05) is 0 Å². The summed E-state index contributed by atoms with van der Waals surface area (Å²) >= 11 is 6.69. The first-order valence-corrected chi connectivity index (χ1v) is 13.2. The molecule has 3 aliphatic rings. The van der Waals surface area contributed by atoms with Gasteiger partial charge in [0.15, 0.2) is 11.7 Å². The van der Waals surface area contributed by atoms with E-state index in [-0.39, 0.29) is 12.0 Å². The van der Waals surface area contributed by atoms with Crippen LogP contribution in [0, 0.1) is 17.3 Å². The molecule has 0 spiro atoms. The lowest BCUT2D eigenvalue weighted by atomic mass is 9.54. The quantitative estimate of drug-likeness (QED) is 0.225. The Balaban J connectivity index is 2.45. The van der Waals surface area contributed by atoms with Gasteiger partial charge < -0.3 is 28.8 Å². The Labute approximate surface area is 237 Å². The van der Waals surface area contributed by atoms with Crippen LogP contribution >= 0.6 is 11.6 Å². The van der Waals surface area contributed by atoms with E-state index in [1.54, 1.807) is 6.92 Å². The number of allylic oxidation sites excluding steroid dienone is 1. The lowest BCUT2D eigenvalue weighted by Crippen LogP contribution is -2.68. The van der Waals surface area contributed by atoms with Crippen molar-refractivity contribution in [3.8, 4) is 0 Å². The maximum Gasteiger partial charge on any atom is 0.312 e. The molecule has 3 rings (SSSR count). The minimum Gasteiger partial charge on any atom is -0.459 e. The van der Waals surface area contributed by atoms with Gasteiger partial charge >= 0.3 is 29.8 Å². The Morgan fingerprint density at radius 2 is 1.50 bits per heavy atom. The maximum atomic E-state index is 12.9. The molecule has 1 aliphatic heterocycles. The van der Waals surface area contributed by atoms with Crippen molar-refractivity contribution in [1.82, 2.24) is 0 Å². The average molecular weight is 583 g/mol. The number of ether oxygens (including phenoxy) is 5. The van der Waals surface area contributed by atoms with Gasteiger partial charge in [0.2, 0.25) is 0 Å². The van der Waals surface area contributed by atoms with E-state index < -0.39 is 88.6 Å². The van der Waals surface area contributed by atoms with Crippen molar-refractivity contribution in [3.63, 3.8) is 0 Å². The molecular weight excluding hydrogens is 548 g/mol. The van der Waals surface area contributed by atoms with Crippen molar-refractivity contribution in [2.75, 3.05) is 0 Å². The van der Waals surface area contributed by atoms with Gasteiger partial charge in [-0.25, -0.2) is 0 Å². The van der Waals surface area contributed by atoms with Crippen LogP contribution in [0.25, 0.3) is 0 Å². The van der Waals surface area contributed by atoms with Crippen LogP contribution in [0.15, 0.2) is 36.5 Å². The van der Waals surface area contributed by atoms with E-state index in [2.05, 4.69) is 13.2 Å². The van der Waals surface area contributed by atoms with E-state index in [1.165, 1.54) is 32.9 Å². The van der Waals surface area contributed by atoms with Gasteiger partial charge in [-0.05, 0) is 18.6 Å². The Kier molecular flexibility index (Phi) is 8.91. The Morgan fingerprint density at radius 3 is 2.02 bits per heavy atom. The monoisotopic (exact) mass is 582 g/mol. The molecule has 11 nitrogen and oxygen atoms in total. The summed E-state index contributed by atoms with van der Waals surface area (Å²) < 4.78 is 28.4. The van der Waals surface area contributed by atoms with Crippen molar-refractivity contribution < 1.29 is 52.8 Å². The van der Waals surface area contributed by atoms with Gasteiger partial charge in [-0.3, -0.25) is 24.0 Å². The molecule has 0 aromatic carbocycles. The highest BCUT2D eigenvalue weighted by Gasteiger charge is 2.70. The minimum absolute atomic E-state index is 0.0764. The lowest BCUT2D eigenvalue weighted by Gasteiger charge is -2.56. The van der Waals surface area contributed by atoms with Gasteiger partial charge in [0.1, 0.15) is 24.4 Å². The normalized spacial score (nSPS) is 40.0. The fourth-order valence-corrected chi connectivity index (χ4v) is 6.53. The second-order valence-corrected chi connectivity index (χ2v) is 11.2. The Morgan fingerprint density at radius 1 is 0.975 bits per heavy atom. The number of alkyl halides is 1. The van der Waals surface area contributed by atoms with E-state index in [0.29, 0.717) is 5.57 Å². The molecule has 10 atom stereocenters. The molecular formula is C28H35ClO11. The fraction of sp³-hybridized carbons (Fsp3) is 0.607. The number of hydrogen-bond donors (Lipinski definition) is 1. The topological polar surface area (TPSA) is 152 Å². The van der Waals surface area contributed by atoms with Crippen LogP contribution in [0.4, 0.5) is 0 Å². The minimum atomic E-state index is -2.24. The summed E-state index contributed by atoms with van der Waals surface area (Å²) in [5.74, 6) is -6.13. The number of rotatable bonds is 4. The van der Waals surface area contributed by atoms with Gasteiger partial charge in [0.05, 0.1) is 16.7 Å². The van der Waals surface area contributed by atoms with Crippen molar-refractivity contribution in [3.05, 3.63) is 36.5 Å². The zero-order chi connectivity index (χ0) is 30.3. The van der Waals surface area contributed by atoms with Crippen LogP contribution in [-0.2, 0) is 47.7 Å². The van der Waals surface area contributed by atoms with Crippen LogP contribution in [0.3, 0.4) is 0 Å². The first-order chi connectivity index (χ1) is 18.5. The number of hydrogen-bond acceptors (Lipinski definition) is 11. The first-order valence-electron chi connectivity index (χ1n) is 12.8. The van der Waals surface area contributed by atoms with Gasteiger partial charge in [0.25, 0.3) is 0 Å². The molecule has 2 aliphatic carbocycles. The third-order valence-corrected chi connectivity index (χ3v) is 8.45. The third-order valence-electron chi connectivity index (χ3n) is 7.94. The molecule has 0 amide bonds. The van der Waals surface area contributed by atoms with Gasteiger partial charge in [-0.1, -0.05) is 31.7 Å².